The van der Waals surface area contributed by atoms with E-state index in [1.807, 2.05) is 25.1 Å². The Bertz CT molecular complexity index is 1180. The first-order chi connectivity index (χ1) is 16.7. The van der Waals surface area contributed by atoms with Crippen LogP contribution in [0.2, 0.25) is 15.1 Å². The van der Waals surface area contributed by atoms with E-state index >= 15 is 0 Å². The molecule has 2 aromatic carbocycles. The number of nitrogens with one attached hydrogen (secondary N) is 2. The number of rotatable bonds is 11. The fraction of sp³-hybridized carbons (Fsp3) is 0.333. The van der Waals surface area contributed by atoms with E-state index in [9.17, 15) is 4.79 Å². The number of halogens is 3. The molecule has 3 aromatic rings. The Morgan fingerprint density at radius 1 is 1.06 bits per heavy atom. The fourth-order valence-electron chi connectivity index (χ4n) is 4.21. The first-order valence-electron chi connectivity index (χ1n) is 11.7. The number of hydrogen-bond acceptors (Lipinski definition) is 3. The number of aromatic nitrogens is 2. The molecule has 1 heterocycles. The standard InChI is InChI=1S/C27H31Cl3N4O/c1-5-14-27(6-2,7-3)32-16-15-31-26(35)24-18(4)25(19-8-10-20(28)11-9-19)34(33-24)23-13-12-21(29)17-22(23)30/h5,8-13,17,32H,1,6-7,14-16H2,2-4H3,(H,31,35). The van der Waals surface area contributed by atoms with Gasteiger partial charge in [0.15, 0.2) is 5.69 Å². The predicted molar refractivity (Wildman–Crippen MR) is 147 cm³/mol. The van der Waals surface area contributed by atoms with E-state index in [0.29, 0.717) is 39.5 Å². The van der Waals surface area contributed by atoms with Crippen molar-refractivity contribution in [3.8, 4) is 16.9 Å². The molecule has 5 nitrogen and oxygen atoms in total. The minimum absolute atomic E-state index is 0.00292. The van der Waals surface area contributed by atoms with Gasteiger partial charge in [-0.25, -0.2) is 4.68 Å². The van der Waals surface area contributed by atoms with Gasteiger partial charge in [-0.3, -0.25) is 4.79 Å². The van der Waals surface area contributed by atoms with E-state index < -0.39 is 0 Å². The minimum Gasteiger partial charge on any atom is -0.349 e. The van der Waals surface area contributed by atoms with Crippen molar-refractivity contribution in [2.45, 2.75) is 45.6 Å². The van der Waals surface area contributed by atoms with Crippen molar-refractivity contribution >= 4 is 40.7 Å². The van der Waals surface area contributed by atoms with Gasteiger partial charge in [0.2, 0.25) is 0 Å². The first-order valence-corrected chi connectivity index (χ1v) is 12.8. The number of benzene rings is 2. The molecule has 0 saturated carbocycles. The summed E-state index contributed by atoms with van der Waals surface area (Å²) in [5.41, 5.74) is 3.33. The molecule has 3 rings (SSSR count). The molecule has 0 unspecified atom stereocenters. The average Bonchev–Trinajstić information content (AvgIpc) is 3.18. The summed E-state index contributed by atoms with van der Waals surface area (Å²) in [6.07, 6.45) is 4.79. The fourth-order valence-corrected chi connectivity index (χ4v) is 4.82. The van der Waals surface area contributed by atoms with Gasteiger partial charge in [-0.05, 0) is 56.5 Å². The average molecular weight is 534 g/mol. The topological polar surface area (TPSA) is 58.9 Å². The van der Waals surface area contributed by atoms with Crippen LogP contribution in [0.25, 0.3) is 16.9 Å². The number of carbonyl (C=O) groups excluding carboxylic acids is 1. The third-order valence-corrected chi connectivity index (χ3v) is 7.18. The number of carbonyl (C=O) groups is 1. The van der Waals surface area contributed by atoms with E-state index in [1.54, 1.807) is 35.0 Å². The molecule has 1 amide bonds. The molecule has 0 atom stereocenters. The molecule has 0 radical (unpaired) electrons. The number of amides is 1. The molecule has 35 heavy (non-hydrogen) atoms. The molecule has 0 aliphatic rings. The minimum atomic E-state index is -0.245. The second-order valence-corrected chi connectivity index (χ2v) is 9.78. The van der Waals surface area contributed by atoms with Gasteiger partial charge >= 0.3 is 0 Å². The summed E-state index contributed by atoms with van der Waals surface area (Å²) in [6, 6.07) is 12.6. The lowest BCUT2D eigenvalue weighted by Gasteiger charge is -2.32. The second kappa shape index (κ2) is 12.1. The van der Waals surface area contributed by atoms with Gasteiger partial charge in [-0.1, -0.05) is 66.9 Å². The Labute approximate surface area is 222 Å². The molecule has 8 heteroatoms. The van der Waals surface area contributed by atoms with Crippen molar-refractivity contribution in [1.82, 2.24) is 20.4 Å². The van der Waals surface area contributed by atoms with Crippen molar-refractivity contribution in [2.75, 3.05) is 13.1 Å². The van der Waals surface area contributed by atoms with E-state index in [2.05, 4.69) is 36.2 Å². The van der Waals surface area contributed by atoms with Gasteiger partial charge in [0.25, 0.3) is 5.91 Å². The summed E-state index contributed by atoms with van der Waals surface area (Å²) < 4.78 is 1.69. The molecular formula is C27H31Cl3N4O. The van der Waals surface area contributed by atoms with Crippen LogP contribution in [0.5, 0.6) is 0 Å². The summed E-state index contributed by atoms with van der Waals surface area (Å²) >= 11 is 18.7. The highest BCUT2D eigenvalue weighted by Crippen LogP contribution is 2.33. The molecule has 0 saturated heterocycles. The Kier molecular flexibility index (Phi) is 9.42. The lowest BCUT2D eigenvalue weighted by atomic mass is 9.89. The Balaban J connectivity index is 1.89. The van der Waals surface area contributed by atoms with Crippen LogP contribution in [0, 0.1) is 6.92 Å². The van der Waals surface area contributed by atoms with Crippen molar-refractivity contribution in [3.63, 3.8) is 0 Å². The lowest BCUT2D eigenvalue weighted by Crippen LogP contribution is -2.47. The molecule has 0 aliphatic carbocycles. The van der Waals surface area contributed by atoms with Gasteiger partial charge < -0.3 is 10.6 Å². The van der Waals surface area contributed by atoms with Crippen LogP contribution in [0.15, 0.2) is 55.1 Å². The highest BCUT2D eigenvalue weighted by atomic mass is 35.5. The Hall–Kier alpha value is -2.31. The number of hydrogen-bond donors (Lipinski definition) is 2. The van der Waals surface area contributed by atoms with Gasteiger partial charge in [0, 0.05) is 39.8 Å². The van der Waals surface area contributed by atoms with E-state index in [4.69, 9.17) is 34.8 Å². The molecule has 0 spiro atoms. The SMILES string of the molecule is C=CCC(CC)(CC)NCCNC(=O)c1nn(-c2ccc(Cl)cc2Cl)c(-c2ccc(Cl)cc2)c1C. The van der Waals surface area contributed by atoms with Crippen molar-refractivity contribution in [3.05, 3.63) is 81.4 Å². The van der Waals surface area contributed by atoms with Crippen LogP contribution in [0.3, 0.4) is 0 Å². The van der Waals surface area contributed by atoms with Crippen LogP contribution in [0.1, 0.15) is 49.2 Å². The van der Waals surface area contributed by atoms with Crippen molar-refractivity contribution < 1.29 is 4.79 Å². The quantitative estimate of drug-likeness (QED) is 0.201. The van der Waals surface area contributed by atoms with Crippen LogP contribution < -0.4 is 10.6 Å². The van der Waals surface area contributed by atoms with Crippen LogP contribution in [-0.4, -0.2) is 34.3 Å². The second-order valence-electron chi connectivity index (χ2n) is 8.50. The molecular weight excluding hydrogens is 503 g/mol. The smallest absolute Gasteiger partial charge is 0.272 e. The molecule has 0 fully saturated rings. The van der Waals surface area contributed by atoms with Crippen molar-refractivity contribution in [2.24, 2.45) is 0 Å². The third-order valence-electron chi connectivity index (χ3n) is 6.39. The monoisotopic (exact) mass is 532 g/mol. The molecule has 0 aliphatic heterocycles. The molecule has 0 bridgehead atoms. The maximum Gasteiger partial charge on any atom is 0.272 e. The highest BCUT2D eigenvalue weighted by molar-refractivity contribution is 6.35. The van der Waals surface area contributed by atoms with E-state index in [-0.39, 0.29) is 11.4 Å². The van der Waals surface area contributed by atoms with Gasteiger partial charge in [-0.15, -0.1) is 6.58 Å². The summed E-state index contributed by atoms with van der Waals surface area (Å²) in [5, 5.41) is 12.8. The Morgan fingerprint density at radius 3 is 2.31 bits per heavy atom. The van der Waals surface area contributed by atoms with E-state index in [1.165, 1.54) is 0 Å². The summed E-state index contributed by atoms with van der Waals surface area (Å²) in [5.74, 6) is -0.245. The largest absolute Gasteiger partial charge is 0.349 e. The molecule has 186 valence electrons. The third kappa shape index (κ3) is 6.28. The van der Waals surface area contributed by atoms with Gasteiger partial charge in [0.05, 0.1) is 16.4 Å². The number of nitrogens with zero attached hydrogens (tertiary/aromatic N) is 2. The summed E-state index contributed by atoms with van der Waals surface area (Å²) in [6.45, 7) is 11.2. The van der Waals surface area contributed by atoms with Crippen LogP contribution >= 0.6 is 34.8 Å². The Morgan fingerprint density at radius 2 is 1.71 bits per heavy atom. The van der Waals surface area contributed by atoms with E-state index in [0.717, 1.165) is 36.1 Å². The zero-order chi connectivity index (χ0) is 25.6. The van der Waals surface area contributed by atoms with Crippen LogP contribution in [0.4, 0.5) is 0 Å². The van der Waals surface area contributed by atoms with Crippen LogP contribution in [-0.2, 0) is 0 Å². The zero-order valence-corrected chi connectivity index (χ0v) is 22.6. The molecule has 2 N–H and O–H groups in total. The maximum absolute atomic E-state index is 13.2. The van der Waals surface area contributed by atoms with Gasteiger partial charge in [0.1, 0.15) is 0 Å². The van der Waals surface area contributed by atoms with Gasteiger partial charge in [-0.2, -0.15) is 5.10 Å². The summed E-state index contributed by atoms with van der Waals surface area (Å²) in [4.78, 5) is 13.2. The predicted octanol–water partition coefficient (Wildman–Crippen LogP) is 7.26. The van der Waals surface area contributed by atoms with Crippen molar-refractivity contribution in [1.29, 1.82) is 0 Å². The summed E-state index contributed by atoms with van der Waals surface area (Å²) in [7, 11) is 0. The normalized spacial score (nSPS) is 11.5. The zero-order valence-electron chi connectivity index (χ0n) is 20.3. The lowest BCUT2D eigenvalue weighted by molar-refractivity contribution is 0.0946. The highest BCUT2D eigenvalue weighted by Gasteiger charge is 2.25. The maximum atomic E-state index is 13.2. The molecule has 1 aromatic heterocycles. The first kappa shape index (κ1) is 27.3.